The van der Waals surface area contributed by atoms with Crippen LogP contribution in [0.25, 0.3) is 0 Å². The molecule has 0 aliphatic rings. The Balaban J connectivity index is 1.83. The van der Waals surface area contributed by atoms with Gasteiger partial charge in [0.15, 0.2) is 0 Å². The monoisotopic (exact) mass is 265 g/mol. The van der Waals surface area contributed by atoms with Crippen molar-refractivity contribution < 1.29 is 4.79 Å². The highest BCUT2D eigenvalue weighted by atomic mass is 35.5. The fraction of sp³-hybridized carbons (Fsp3) is 0.154. The summed E-state index contributed by atoms with van der Waals surface area (Å²) in [6.07, 6.45) is 0.391. The molecule has 0 atom stereocenters. The molecule has 0 spiro atoms. The first-order chi connectivity index (χ1) is 8.24. The fourth-order valence-corrected chi connectivity index (χ4v) is 2.22. The predicted octanol–water partition coefficient (Wildman–Crippen LogP) is 3.26. The molecule has 0 aliphatic heterocycles. The van der Waals surface area contributed by atoms with Gasteiger partial charge in [-0.1, -0.05) is 29.8 Å². The van der Waals surface area contributed by atoms with E-state index in [-0.39, 0.29) is 5.91 Å². The van der Waals surface area contributed by atoms with E-state index in [9.17, 15) is 4.79 Å². The van der Waals surface area contributed by atoms with E-state index in [2.05, 4.69) is 5.32 Å². The van der Waals surface area contributed by atoms with Gasteiger partial charge < -0.3 is 5.32 Å². The summed E-state index contributed by atoms with van der Waals surface area (Å²) in [6.45, 7) is 0.601. The SMILES string of the molecule is O=C(Cc1ccc(Cl)cc1)NCc1cccs1. The van der Waals surface area contributed by atoms with Gasteiger partial charge in [0.1, 0.15) is 0 Å². The van der Waals surface area contributed by atoms with Gasteiger partial charge in [-0.2, -0.15) is 0 Å². The molecule has 0 bridgehead atoms. The predicted molar refractivity (Wildman–Crippen MR) is 71.3 cm³/mol. The van der Waals surface area contributed by atoms with Crippen LogP contribution in [0.2, 0.25) is 5.02 Å². The Kier molecular flexibility index (Phi) is 4.18. The van der Waals surface area contributed by atoms with Crippen LogP contribution in [0.1, 0.15) is 10.4 Å². The number of benzene rings is 1. The van der Waals surface area contributed by atoms with Crippen LogP contribution in [0.15, 0.2) is 41.8 Å². The van der Waals surface area contributed by atoms with E-state index < -0.39 is 0 Å². The number of carbonyl (C=O) groups excluding carboxylic acids is 1. The largest absolute Gasteiger partial charge is 0.351 e. The number of amides is 1. The number of hydrogen-bond acceptors (Lipinski definition) is 2. The number of thiophene rings is 1. The first-order valence-corrected chi connectivity index (χ1v) is 6.53. The topological polar surface area (TPSA) is 29.1 Å². The average molecular weight is 266 g/mol. The molecule has 17 heavy (non-hydrogen) atoms. The van der Waals surface area contributed by atoms with Gasteiger partial charge in [-0.15, -0.1) is 11.3 Å². The van der Waals surface area contributed by atoms with Gasteiger partial charge in [0, 0.05) is 9.90 Å². The van der Waals surface area contributed by atoms with Crippen molar-refractivity contribution in [2.75, 3.05) is 0 Å². The van der Waals surface area contributed by atoms with Crippen molar-refractivity contribution in [3.05, 3.63) is 57.2 Å². The van der Waals surface area contributed by atoms with Gasteiger partial charge in [0.25, 0.3) is 0 Å². The van der Waals surface area contributed by atoms with Crippen molar-refractivity contribution in [3.8, 4) is 0 Å². The number of nitrogens with one attached hydrogen (secondary N) is 1. The van der Waals surface area contributed by atoms with Crippen molar-refractivity contribution in [1.82, 2.24) is 5.32 Å². The van der Waals surface area contributed by atoms with Crippen LogP contribution >= 0.6 is 22.9 Å². The molecule has 2 aromatic rings. The Morgan fingerprint density at radius 3 is 2.65 bits per heavy atom. The lowest BCUT2D eigenvalue weighted by Gasteiger charge is -2.03. The number of carbonyl (C=O) groups is 1. The molecule has 0 aliphatic carbocycles. The Morgan fingerprint density at radius 2 is 2.00 bits per heavy atom. The van der Waals surface area contributed by atoms with Gasteiger partial charge in [-0.3, -0.25) is 4.79 Å². The first kappa shape index (κ1) is 12.1. The second-order valence-electron chi connectivity index (χ2n) is 3.66. The van der Waals surface area contributed by atoms with Crippen LogP contribution in [0, 0.1) is 0 Å². The zero-order valence-corrected chi connectivity index (χ0v) is 10.7. The Bertz CT molecular complexity index is 479. The molecule has 1 aromatic carbocycles. The number of halogens is 1. The van der Waals surface area contributed by atoms with Gasteiger partial charge in [-0.05, 0) is 29.1 Å². The highest BCUT2D eigenvalue weighted by Crippen LogP contribution is 2.10. The van der Waals surface area contributed by atoms with Crippen LogP contribution in [-0.2, 0) is 17.8 Å². The summed E-state index contributed by atoms with van der Waals surface area (Å²) in [5.41, 5.74) is 0.970. The lowest BCUT2D eigenvalue weighted by atomic mass is 10.1. The molecule has 0 unspecified atom stereocenters. The minimum Gasteiger partial charge on any atom is -0.351 e. The molecule has 1 amide bonds. The first-order valence-electron chi connectivity index (χ1n) is 5.27. The summed E-state index contributed by atoms with van der Waals surface area (Å²) in [4.78, 5) is 12.8. The lowest BCUT2D eigenvalue weighted by Crippen LogP contribution is -2.24. The Hall–Kier alpha value is -1.32. The third kappa shape index (κ3) is 3.88. The summed E-state index contributed by atoms with van der Waals surface area (Å²) >= 11 is 7.42. The summed E-state index contributed by atoms with van der Waals surface area (Å²) < 4.78 is 0. The van der Waals surface area contributed by atoms with E-state index in [1.165, 1.54) is 0 Å². The normalized spacial score (nSPS) is 10.2. The maximum atomic E-state index is 11.7. The van der Waals surface area contributed by atoms with Crippen molar-refractivity contribution in [3.63, 3.8) is 0 Å². The number of rotatable bonds is 4. The van der Waals surface area contributed by atoms with Crippen LogP contribution < -0.4 is 5.32 Å². The average Bonchev–Trinajstić information content (AvgIpc) is 2.83. The molecule has 0 fully saturated rings. The van der Waals surface area contributed by atoms with Crippen molar-refractivity contribution in [1.29, 1.82) is 0 Å². The molecular weight excluding hydrogens is 254 g/mol. The maximum absolute atomic E-state index is 11.7. The summed E-state index contributed by atoms with van der Waals surface area (Å²) in [5, 5.41) is 5.58. The van der Waals surface area contributed by atoms with E-state index >= 15 is 0 Å². The smallest absolute Gasteiger partial charge is 0.224 e. The van der Waals surface area contributed by atoms with E-state index in [1.54, 1.807) is 23.5 Å². The molecule has 0 saturated heterocycles. The molecule has 1 N–H and O–H groups in total. The van der Waals surface area contributed by atoms with Gasteiger partial charge >= 0.3 is 0 Å². The van der Waals surface area contributed by atoms with E-state index in [0.717, 1.165) is 10.4 Å². The quantitative estimate of drug-likeness (QED) is 0.903. The molecule has 4 heteroatoms. The maximum Gasteiger partial charge on any atom is 0.224 e. The van der Waals surface area contributed by atoms with Crippen molar-refractivity contribution in [2.24, 2.45) is 0 Å². The van der Waals surface area contributed by atoms with Gasteiger partial charge in [0.05, 0.1) is 13.0 Å². The highest BCUT2D eigenvalue weighted by molar-refractivity contribution is 7.09. The third-order valence-electron chi connectivity index (χ3n) is 2.32. The van der Waals surface area contributed by atoms with Gasteiger partial charge in [0.2, 0.25) is 5.91 Å². The zero-order valence-electron chi connectivity index (χ0n) is 9.15. The molecule has 1 aromatic heterocycles. The molecule has 1 heterocycles. The molecular formula is C13H12ClNOS. The summed E-state index contributed by atoms with van der Waals surface area (Å²) in [6, 6.07) is 11.3. The second kappa shape index (κ2) is 5.84. The second-order valence-corrected chi connectivity index (χ2v) is 5.13. The minimum atomic E-state index is 0.0284. The van der Waals surface area contributed by atoms with Crippen molar-refractivity contribution >= 4 is 28.8 Å². The Morgan fingerprint density at radius 1 is 1.24 bits per heavy atom. The van der Waals surface area contributed by atoms with Crippen LogP contribution in [0.5, 0.6) is 0 Å². The number of hydrogen-bond donors (Lipinski definition) is 1. The third-order valence-corrected chi connectivity index (χ3v) is 3.45. The van der Waals surface area contributed by atoms with Crippen LogP contribution in [0.4, 0.5) is 0 Å². The molecule has 0 saturated carbocycles. The zero-order chi connectivity index (χ0) is 12.1. The molecule has 2 rings (SSSR count). The highest BCUT2D eigenvalue weighted by Gasteiger charge is 2.03. The molecule has 2 nitrogen and oxygen atoms in total. The standard InChI is InChI=1S/C13H12ClNOS/c14-11-5-3-10(4-6-11)8-13(16)15-9-12-2-1-7-17-12/h1-7H,8-9H2,(H,15,16). The Labute approximate surface area is 109 Å². The molecule has 0 radical (unpaired) electrons. The van der Waals surface area contributed by atoms with Crippen LogP contribution in [0.3, 0.4) is 0 Å². The summed E-state index contributed by atoms with van der Waals surface area (Å²) in [7, 11) is 0. The van der Waals surface area contributed by atoms with Crippen LogP contribution in [-0.4, -0.2) is 5.91 Å². The van der Waals surface area contributed by atoms with Crippen molar-refractivity contribution in [2.45, 2.75) is 13.0 Å². The van der Waals surface area contributed by atoms with Gasteiger partial charge in [-0.25, -0.2) is 0 Å². The minimum absolute atomic E-state index is 0.0284. The molecule has 88 valence electrons. The van der Waals surface area contributed by atoms with E-state index in [0.29, 0.717) is 18.0 Å². The van der Waals surface area contributed by atoms with E-state index in [4.69, 9.17) is 11.6 Å². The fourth-order valence-electron chi connectivity index (χ4n) is 1.45. The lowest BCUT2D eigenvalue weighted by molar-refractivity contribution is -0.120. The van der Waals surface area contributed by atoms with E-state index in [1.807, 2.05) is 29.6 Å². The summed E-state index contributed by atoms with van der Waals surface area (Å²) in [5.74, 6) is 0.0284.